The Morgan fingerprint density at radius 1 is 0.970 bits per heavy atom. The van der Waals surface area contributed by atoms with Crippen molar-refractivity contribution in [2.24, 2.45) is 0 Å². The van der Waals surface area contributed by atoms with Gasteiger partial charge >= 0.3 is 5.97 Å². The molecule has 0 amide bonds. The van der Waals surface area contributed by atoms with Crippen molar-refractivity contribution in [3.63, 3.8) is 0 Å². The number of benzene rings is 2. The van der Waals surface area contributed by atoms with E-state index < -0.39 is 16.9 Å². The predicted molar refractivity (Wildman–Crippen MR) is 129 cm³/mol. The Morgan fingerprint density at radius 2 is 1.61 bits per heavy atom. The molecule has 0 spiro atoms. The molecule has 1 unspecified atom stereocenters. The number of thiophene rings is 1. The third-order valence-corrected chi connectivity index (χ3v) is 6.92. The molecule has 0 bridgehead atoms. The first-order valence-corrected chi connectivity index (χ1v) is 11.1. The largest absolute Gasteiger partial charge is 0.512 e. The van der Waals surface area contributed by atoms with Crippen LogP contribution in [0.4, 0.5) is 0 Å². The van der Waals surface area contributed by atoms with Gasteiger partial charge in [0, 0.05) is 12.0 Å². The molecule has 0 saturated heterocycles. The number of aromatic nitrogens is 1. The van der Waals surface area contributed by atoms with Gasteiger partial charge in [0.05, 0.1) is 10.9 Å². The van der Waals surface area contributed by atoms with Gasteiger partial charge < -0.3 is 20.3 Å². The zero-order chi connectivity index (χ0) is 23.2. The number of aromatic amines is 1. The highest BCUT2D eigenvalue weighted by Gasteiger charge is 2.44. The SMILES string of the molecule is O=C(O)C1(c2csc3[nH]c(=O)c(-c4ccccc4)c(O)c23)C=CC(c2ccccc2)=C(O)C1. The van der Waals surface area contributed by atoms with Crippen LogP contribution >= 0.6 is 11.3 Å². The summed E-state index contributed by atoms with van der Waals surface area (Å²) in [6.07, 6.45) is 2.96. The molecule has 1 aliphatic carbocycles. The second kappa shape index (κ2) is 7.79. The van der Waals surface area contributed by atoms with Gasteiger partial charge in [-0.05, 0) is 22.1 Å². The number of carboxylic acid groups (broad SMARTS) is 1. The molecule has 164 valence electrons. The lowest BCUT2D eigenvalue weighted by Crippen LogP contribution is -2.35. The molecular formula is C26H19NO5S. The van der Waals surface area contributed by atoms with E-state index in [1.54, 1.807) is 47.9 Å². The molecule has 6 nitrogen and oxygen atoms in total. The number of pyridine rings is 1. The Balaban J connectivity index is 1.71. The molecule has 5 rings (SSSR count). The highest BCUT2D eigenvalue weighted by molar-refractivity contribution is 7.17. The Morgan fingerprint density at radius 3 is 2.21 bits per heavy atom. The maximum Gasteiger partial charge on any atom is 0.318 e. The third-order valence-electron chi connectivity index (χ3n) is 6.02. The number of aliphatic carboxylic acids is 1. The van der Waals surface area contributed by atoms with Gasteiger partial charge in [0.2, 0.25) is 0 Å². The fourth-order valence-corrected chi connectivity index (χ4v) is 5.39. The van der Waals surface area contributed by atoms with Gasteiger partial charge in [-0.1, -0.05) is 72.8 Å². The quantitative estimate of drug-likeness (QED) is 0.336. The van der Waals surface area contributed by atoms with E-state index in [9.17, 15) is 24.9 Å². The summed E-state index contributed by atoms with van der Waals surface area (Å²) in [4.78, 5) is 28.5. The predicted octanol–water partition coefficient (Wildman–Crippen LogP) is 5.21. The molecule has 33 heavy (non-hydrogen) atoms. The molecule has 1 aliphatic rings. The molecule has 0 aliphatic heterocycles. The molecule has 4 aromatic rings. The number of nitrogens with one attached hydrogen (secondary N) is 1. The van der Waals surface area contributed by atoms with Gasteiger partial charge in [-0.25, -0.2) is 0 Å². The smallest absolute Gasteiger partial charge is 0.318 e. The molecule has 7 heteroatoms. The summed E-state index contributed by atoms with van der Waals surface area (Å²) in [5.74, 6) is -1.50. The van der Waals surface area contributed by atoms with Gasteiger partial charge in [-0.3, -0.25) is 9.59 Å². The normalized spacial score (nSPS) is 18.1. The van der Waals surface area contributed by atoms with Crippen LogP contribution in [0.25, 0.3) is 26.9 Å². The lowest BCUT2D eigenvalue weighted by atomic mass is 9.73. The standard InChI is InChI=1S/C26H19NO5S/c28-19-13-26(25(31)32,12-11-17(19)15-7-3-1-4-8-15)18-14-33-24-21(18)22(29)20(23(30)27-24)16-9-5-2-6-10-16/h1-12,14,28H,13H2,(H,31,32)(H2,27,29,30). The summed E-state index contributed by atoms with van der Waals surface area (Å²) in [5.41, 5.74) is 0.173. The number of rotatable bonds is 4. The fourth-order valence-electron chi connectivity index (χ4n) is 4.35. The second-order valence-corrected chi connectivity index (χ2v) is 8.79. The minimum Gasteiger partial charge on any atom is -0.512 e. The monoisotopic (exact) mass is 457 g/mol. The minimum atomic E-state index is -1.61. The maximum absolute atomic E-state index is 12.7. The number of allylic oxidation sites excluding steroid dienone is 3. The number of H-pyrrole nitrogens is 1. The van der Waals surface area contributed by atoms with Gasteiger partial charge in [0.1, 0.15) is 21.8 Å². The van der Waals surface area contributed by atoms with E-state index in [2.05, 4.69) is 4.98 Å². The number of hydrogen-bond acceptors (Lipinski definition) is 5. The van der Waals surface area contributed by atoms with Crippen molar-refractivity contribution >= 4 is 33.1 Å². The van der Waals surface area contributed by atoms with E-state index in [4.69, 9.17) is 0 Å². The van der Waals surface area contributed by atoms with E-state index in [-0.39, 0.29) is 28.9 Å². The Bertz CT molecular complexity index is 1500. The van der Waals surface area contributed by atoms with Crippen LogP contribution in [0, 0.1) is 0 Å². The summed E-state index contributed by atoms with van der Waals surface area (Å²) in [6.45, 7) is 0. The third kappa shape index (κ3) is 3.25. The Kier molecular flexibility index (Phi) is 4.91. The first-order chi connectivity index (χ1) is 15.9. The van der Waals surface area contributed by atoms with Crippen LogP contribution < -0.4 is 5.56 Å². The zero-order valence-corrected chi connectivity index (χ0v) is 18.1. The number of aliphatic hydroxyl groups excluding tert-OH is 1. The van der Waals surface area contributed by atoms with E-state index in [0.29, 0.717) is 21.5 Å². The second-order valence-electron chi connectivity index (χ2n) is 7.91. The van der Waals surface area contributed by atoms with Crippen molar-refractivity contribution in [2.45, 2.75) is 11.8 Å². The number of carboxylic acids is 1. The lowest BCUT2D eigenvalue weighted by Gasteiger charge is -2.30. The first-order valence-electron chi connectivity index (χ1n) is 10.2. The highest BCUT2D eigenvalue weighted by Crippen LogP contribution is 2.47. The van der Waals surface area contributed by atoms with Crippen LogP contribution in [0.3, 0.4) is 0 Å². The maximum atomic E-state index is 12.7. The van der Waals surface area contributed by atoms with Crippen molar-refractivity contribution < 1.29 is 20.1 Å². The van der Waals surface area contributed by atoms with Crippen molar-refractivity contribution in [1.82, 2.24) is 4.98 Å². The molecule has 0 fully saturated rings. The first kappa shape index (κ1) is 20.8. The van der Waals surface area contributed by atoms with E-state index >= 15 is 0 Å². The van der Waals surface area contributed by atoms with E-state index in [1.165, 1.54) is 0 Å². The van der Waals surface area contributed by atoms with Gasteiger partial charge in [-0.15, -0.1) is 11.3 Å². The number of carbonyl (C=O) groups is 1. The Hall–Kier alpha value is -4.10. The summed E-state index contributed by atoms with van der Waals surface area (Å²) >= 11 is 1.14. The lowest BCUT2D eigenvalue weighted by molar-refractivity contribution is -0.142. The molecule has 0 saturated carbocycles. The van der Waals surface area contributed by atoms with Gasteiger partial charge in [0.15, 0.2) is 0 Å². The van der Waals surface area contributed by atoms with Crippen LogP contribution in [-0.4, -0.2) is 26.3 Å². The zero-order valence-electron chi connectivity index (χ0n) is 17.3. The Labute approximate surface area is 192 Å². The van der Waals surface area contributed by atoms with Crippen LogP contribution in [0.15, 0.2) is 88.7 Å². The van der Waals surface area contributed by atoms with Crippen LogP contribution in [-0.2, 0) is 10.2 Å². The molecule has 1 atom stereocenters. The van der Waals surface area contributed by atoms with Crippen molar-refractivity contribution in [2.75, 3.05) is 0 Å². The van der Waals surface area contributed by atoms with E-state index in [1.807, 2.05) is 30.3 Å². The molecule has 4 N–H and O–H groups in total. The summed E-state index contributed by atoms with van der Waals surface area (Å²) < 4.78 is 0. The topological polar surface area (TPSA) is 111 Å². The molecule has 2 aromatic heterocycles. The van der Waals surface area contributed by atoms with Crippen LogP contribution in [0.1, 0.15) is 17.5 Å². The fraction of sp³-hybridized carbons (Fsp3) is 0.0769. The number of aliphatic hydroxyl groups is 1. The van der Waals surface area contributed by atoms with Crippen molar-refractivity contribution in [3.8, 4) is 16.9 Å². The minimum absolute atomic E-state index is 0.0577. The van der Waals surface area contributed by atoms with Crippen LogP contribution in [0.2, 0.25) is 0 Å². The summed E-state index contributed by atoms with van der Waals surface area (Å²) in [7, 11) is 0. The molecule has 2 aromatic carbocycles. The van der Waals surface area contributed by atoms with Gasteiger partial charge in [-0.2, -0.15) is 0 Å². The van der Waals surface area contributed by atoms with Crippen LogP contribution in [0.5, 0.6) is 5.75 Å². The number of aromatic hydroxyl groups is 1. The molecule has 0 radical (unpaired) electrons. The summed E-state index contributed by atoms with van der Waals surface area (Å²) in [5, 5.41) is 34.2. The molecule has 2 heterocycles. The highest BCUT2D eigenvalue weighted by atomic mass is 32.1. The average molecular weight is 458 g/mol. The average Bonchev–Trinajstić information content (AvgIpc) is 3.24. The van der Waals surface area contributed by atoms with Gasteiger partial charge in [0.25, 0.3) is 5.56 Å². The van der Waals surface area contributed by atoms with Crippen molar-refractivity contribution in [3.05, 3.63) is 105 Å². The molecular weight excluding hydrogens is 438 g/mol. The van der Waals surface area contributed by atoms with E-state index in [0.717, 1.165) is 16.9 Å². The van der Waals surface area contributed by atoms with Crippen molar-refractivity contribution in [1.29, 1.82) is 0 Å². The summed E-state index contributed by atoms with van der Waals surface area (Å²) in [6, 6.07) is 17.9. The number of hydrogen-bond donors (Lipinski definition) is 4. The number of fused-ring (bicyclic) bond motifs is 1.